The van der Waals surface area contributed by atoms with Gasteiger partial charge in [-0.25, -0.2) is 0 Å². The predicted molar refractivity (Wildman–Crippen MR) is 56.4 cm³/mol. The average molecular weight is 263 g/mol. The molecular formula is C10H6ClF3N2O. The standard InChI is InChI=1S/C10H6ClF3N2O/c11-6-4-2-1-3-5(6)7-8(10(12,13)14)16-17-9(7)15/h1-4H,15H2. The summed E-state index contributed by atoms with van der Waals surface area (Å²) >= 11 is 5.82. The number of aromatic nitrogens is 1. The number of anilines is 1. The van der Waals surface area contributed by atoms with Gasteiger partial charge in [-0.2, -0.15) is 13.2 Å². The molecule has 0 unspecified atom stereocenters. The largest absolute Gasteiger partial charge is 0.437 e. The van der Waals surface area contributed by atoms with Crippen LogP contribution >= 0.6 is 11.6 Å². The Morgan fingerprint density at radius 2 is 1.88 bits per heavy atom. The van der Waals surface area contributed by atoms with Crippen LogP contribution in [0, 0.1) is 0 Å². The Hall–Kier alpha value is -1.69. The molecule has 0 bridgehead atoms. The van der Waals surface area contributed by atoms with Crippen molar-refractivity contribution in [2.45, 2.75) is 6.18 Å². The highest BCUT2D eigenvalue weighted by molar-refractivity contribution is 6.33. The van der Waals surface area contributed by atoms with Gasteiger partial charge in [0.2, 0.25) is 5.88 Å². The van der Waals surface area contributed by atoms with Crippen molar-refractivity contribution in [3.63, 3.8) is 0 Å². The fraction of sp³-hybridized carbons (Fsp3) is 0.100. The first kappa shape index (κ1) is 11.8. The van der Waals surface area contributed by atoms with Crippen molar-refractivity contribution < 1.29 is 17.7 Å². The lowest BCUT2D eigenvalue weighted by Gasteiger charge is -2.06. The number of benzene rings is 1. The molecule has 0 amide bonds. The summed E-state index contributed by atoms with van der Waals surface area (Å²) in [7, 11) is 0. The number of halogens is 4. The fourth-order valence-corrected chi connectivity index (χ4v) is 1.65. The number of nitrogen functional groups attached to an aromatic ring is 1. The Labute approximate surface area is 99.0 Å². The van der Waals surface area contributed by atoms with Crippen LogP contribution in [0.15, 0.2) is 28.8 Å². The molecule has 1 aromatic heterocycles. The molecule has 3 nitrogen and oxygen atoms in total. The van der Waals surface area contributed by atoms with E-state index < -0.39 is 17.8 Å². The van der Waals surface area contributed by atoms with Crippen molar-refractivity contribution in [2.75, 3.05) is 5.73 Å². The van der Waals surface area contributed by atoms with Gasteiger partial charge in [-0.05, 0) is 6.07 Å². The third-order valence-corrected chi connectivity index (χ3v) is 2.46. The lowest BCUT2D eigenvalue weighted by atomic mass is 10.1. The number of nitrogens with two attached hydrogens (primary N) is 1. The number of hydrogen-bond donors (Lipinski definition) is 1. The van der Waals surface area contributed by atoms with Crippen LogP contribution < -0.4 is 5.73 Å². The van der Waals surface area contributed by atoms with Crippen molar-refractivity contribution >= 4 is 17.5 Å². The van der Waals surface area contributed by atoms with E-state index in [0.29, 0.717) is 0 Å². The van der Waals surface area contributed by atoms with Crippen LogP contribution in [0.3, 0.4) is 0 Å². The quantitative estimate of drug-likeness (QED) is 0.854. The maximum absolute atomic E-state index is 12.7. The SMILES string of the molecule is Nc1onc(C(F)(F)F)c1-c1ccccc1Cl. The summed E-state index contributed by atoms with van der Waals surface area (Å²) in [6.07, 6.45) is -4.64. The molecule has 1 aromatic carbocycles. The molecule has 0 radical (unpaired) electrons. The van der Waals surface area contributed by atoms with E-state index in [9.17, 15) is 13.2 Å². The third-order valence-electron chi connectivity index (χ3n) is 2.13. The highest BCUT2D eigenvalue weighted by atomic mass is 35.5. The van der Waals surface area contributed by atoms with E-state index in [1.165, 1.54) is 12.1 Å². The van der Waals surface area contributed by atoms with Gasteiger partial charge in [0.15, 0.2) is 5.69 Å². The number of alkyl halides is 3. The first-order chi connectivity index (χ1) is 7.91. The first-order valence-electron chi connectivity index (χ1n) is 4.48. The van der Waals surface area contributed by atoms with E-state index in [-0.39, 0.29) is 16.1 Å². The Bertz CT molecular complexity index is 551. The Morgan fingerprint density at radius 3 is 2.47 bits per heavy atom. The van der Waals surface area contributed by atoms with Crippen molar-refractivity contribution in [3.05, 3.63) is 35.0 Å². The van der Waals surface area contributed by atoms with Crippen LogP contribution in [0.25, 0.3) is 11.1 Å². The lowest BCUT2D eigenvalue weighted by Crippen LogP contribution is -2.07. The fourth-order valence-electron chi connectivity index (χ4n) is 1.42. The van der Waals surface area contributed by atoms with Crippen molar-refractivity contribution in [1.82, 2.24) is 5.16 Å². The Kier molecular flexibility index (Phi) is 2.74. The van der Waals surface area contributed by atoms with Gasteiger partial charge in [0, 0.05) is 10.6 Å². The molecule has 17 heavy (non-hydrogen) atoms. The molecule has 0 aliphatic rings. The molecule has 0 saturated carbocycles. The molecule has 2 N–H and O–H groups in total. The van der Waals surface area contributed by atoms with E-state index in [4.69, 9.17) is 17.3 Å². The normalized spacial score (nSPS) is 11.8. The summed E-state index contributed by atoms with van der Waals surface area (Å²) in [6.45, 7) is 0. The number of nitrogens with zero attached hydrogens (tertiary/aromatic N) is 1. The summed E-state index contributed by atoms with van der Waals surface area (Å²) in [6, 6.07) is 6.03. The lowest BCUT2D eigenvalue weighted by molar-refractivity contribution is -0.142. The van der Waals surface area contributed by atoms with Gasteiger partial charge in [0.1, 0.15) is 0 Å². The van der Waals surface area contributed by atoms with E-state index in [1.807, 2.05) is 0 Å². The van der Waals surface area contributed by atoms with Crippen LogP contribution in [0.2, 0.25) is 5.02 Å². The van der Waals surface area contributed by atoms with E-state index in [0.717, 1.165) is 0 Å². The van der Waals surface area contributed by atoms with Gasteiger partial charge in [-0.3, -0.25) is 0 Å². The van der Waals surface area contributed by atoms with Crippen molar-refractivity contribution in [1.29, 1.82) is 0 Å². The first-order valence-corrected chi connectivity index (χ1v) is 4.86. The minimum atomic E-state index is -4.64. The molecule has 0 atom stereocenters. The zero-order chi connectivity index (χ0) is 12.6. The molecule has 0 aliphatic carbocycles. The molecule has 2 rings (SSSR count). The zero-order valence-electron chi connectivity index (χ0n) is 8.25. The molecule has 2 aromatic rings. The number of hydrogen-bond acceptors (Lipinski definition) is 3. The van der Waals surface area contributed by atoms with E-state index >= 15 is 0 Å². The molecular weight excluding hydrogens is 257 g/mol. The second-order valence-corrected chi connectivity index (χ2v) is 3.66. The van der Waals surface area contributed by atoms with Crippen molar-refractivity contribution in [2.24, 2.45) is 0 Å². The number of rotatable bonds is 1. The van der Waals surface area contributed by atoms with Crippen LogP contribution in [-0.2, 0) is 6.18 Å². The molecule has 0 saturated heterocycles. The van der Waals surface area contributed by atoms with Gasteiger partial charge in [0.05, 0.1) is 5.56 Å². The molecule has 7 heteroatoms. The zero-order valence-corrected chi connectivity index (χ0v) is 9.01. The minimum absolute atomic E-state index is 0.139. The van der Waals surface area contributed by atoms with Gasteiger partial charge in [0.25, 0.3) is 0 Å². The monoisotopic (exact) mass is 262 g/mol. The third kappa shape index (κ3) is 2.08. The molecule has 90 valence electrons. The summed E-state index contributed by atoms with van der Waals surface area (Å²) in [5, 5.41) is 3.07. The summed E-state index contributed by atoms with van der Waals surface area (Å²) in [5.74, 6) is -0.412. The summed E-state index contributed by atoms with van der Waals surface area (Å²) < 4.78 is 42.4. The van der Waals surface area contributed by atoms with Crippen LogP contribution in [0.5, 0.6) is 0 Å². The van der Waals surface area contributed by atoms with Gasteiger partial charge in [-0.15, -0.1) is 0 Å². The van der Waals surface area contributed by atoms with E-state index in [2.05, 4.69) is 9.68 Å². The Morgan fingerprint density at radius 1 is 1.24 bits per heavy atom. The second kappa shape index (κ2) is 3.96. The topological polar surface area (TPSA) is 52.0 Å². The van der Waals surface area contributed by atoms with E-state index in [1.54, 1.807) is 12.1 Å². The summed E-state index contributed by atoms with van der Waals surface area (Å²) in [4.78, 5) is 0. The maximum Gasteiger partial charge on any atom is 0.437 e. The van der Waals surface area contributed by atoms with Crippen LogP contribution in [-0.4, -0.2) is 5.16 Å². The minimum Gasteiger partial charge on any atom is -0.367 e. The molecule has 0 fully saturated rings. The highest BCUT2D eigenvalue weighted by Gasteiger charge is 2.39. The van der Waals surface area contributed by atoms with Crippen LogP contribution in [0.1, 0.15) is 5.69 Å². The second-order valence-electron chi connectivity index (χ2n) is 3.25. The molecule has 1 heterocycles. The van der Waals surface area contributed by atoms with Gasteiger partial charge < -0.3 is 10.3 Å². The van der Waals surface area contributed by atoms with Gasteiger partial charge in [-0.1, -0.05) is 35.0 Å². The average Bonchev–Trinajstić information content (AvgIpc) is 2.60. The maximum atomic E-state index is 12.7. The van der Waals surface area contributed by atoms with Crippen LogP contribution in [0.4, 0.5) is 19.1 Å². The Balaban J connectivity index is 2.68. The highest BCUT2D eigenvalue weighted by Crippen LogP contribution is 2.41. The molecule has 0 aliphatic heterocycles. The van der Waals surface area contributed by atoms with Crippen molar-refractivity contribution in [3.8, 4) is 11.1 Å². The predicted octanol–water partition coefficient (Wildman–Crippen LogP) is 3.60. The molecule has 0 spiro atoms. The van der Waals surface area contributed by atoms with Gasteiger partial charge >= 0.3 is 6.18 Å². The smallest absolute Gasteiger partial charge is 0.367 e. The summed E-state index contributed by atoms with van der Waals surface area (Å²) in [5.41, 5.74) is 3.98.